The van der Waals surface area contributed by atoms with Gasteiger partial charge in [0.25, 0.3) is 0 Å². The van der Waals surface area contributed by atoms with Crippen molar-refractivity contribution in [3.05, 3.63) is 28.7 Å². The maximum Gasteiger partial charge on any atom is 0.328 e. The Labute approximate surface area is 135 Å². The number of sulfonamides is 1. The molecule has 22 heavy (non-hydrogen) atoms. The number of halogens is 1. The summed E-state index contributed by atoms with van der Waals surface area (Å²) < 4.78 is 29.9. The third kappa shape index (κ3) is 3.52. The average molecular weight is 349 g/mol. The van der Waals surface area contributed by atoms with Crippen molar-refractivity contribution in [2.24, 2.45) is 14.1 Å². The predicted octanol–water partition coefficient (Wildman–Crippen LogP) is 0.187. The Bertz CT molecular complexity index is 811. The molecule has 0 saturated heterocycles. The summed E-state index contributed by atoms with van der Waals surface area (Å²) in [5.74, 6) is 0. The van der Waals surface area contributed by atoms with Gasteiger partial charge in [0.05, 0.1) is 15.9 Å². The van der Waals surface area contributed by atoms with Gasteiger partial charge in [0.15, 0.2) is 0 Å². The summed E-state index contributed by atoms with van der Waals surface area (Å²) >= 11 is 0. The van der Waals surface area contributed by atoms with Gasteiger partial charge < -0.3 is 5.32 Å². The van der Waals surface area contributed by atoms with Crippen LogP contribution in [0.3, 0.4) is 0 Å². The van der Waals surface area contributed by atoms with E-state index in [1.165, 1.54) is 21.3 Å². The normalized spacial score (nSPS) is 11.6. The standard InChI is InChI=1S/C13H20N4O3S.ClH/c1-14-7-4-8-15-21(19,20)10-5-6-11-12(9-10)17(3)13(18)16(11)2;/h5-6,9,14-15H,4,7-8H2,1-3H3;1H. The molecule has 0 bridgehead atoms. The molecule has 9 heteroatoms. The minimum atomic E-state index is -3.55. The van der Waals surface area contributed by atoms with Gasteiger partial charge in [-0.15, -0.1) is 12.4 Å². The molecule has 0 aliphatic rings. The average Bonchev–Trinajstić information content (AvgIpc) is 2.68. The summed E-state index contributed by atoms with van der Waals surface area (Å²) in [6.45, 7) is 1.11. The number of hydrogen-bond donors (Lipinski definition) is 2. The molecule has 1 heterocycles. The molecule has 1 aromatic heterocycles. The number of aryl methyl sites for hydroxylation is 2. The van der Waals surface area contributed by atoms with E-state index >= 15 is 0 Å². The first kappa shape index (κ1) is 18.7. The van der Waals surface area contributed by atoms with E-state index in [2.05, 4.69) is 10.0 Å². The number of aromatic nitrogens is 2. The Morgan fingerprint density at radius 2 is 1.73 bits per heavy atom. The van der Waals surface area contributed by atoms with Crippen molar-refractivity contribution in [3.63, 3.8) is 0 Å². The Morgan fingerprint density at radius 1 is 1.09 bits per heavy atom. The highest BCUT2D eigenvalue weighted by atomic mass is 35.5. The van der Waals surface area contributed by atoms with Gasteiger partial charge in [-0.3, -0.25) is 9.13 Å². The van der Waals surface area contributed by atoms with Crippen LogP contribution in [0, 0.1) is 0 Å². The number of benzene rings is 1. The maximum atomic E-state index is 12.2. The van der Waals surface area contributed by atoms with E-state index in [9.17, 15) is 13.2 Å². The van der Waals surface area contributed by atoms with Gasteiger partial charge in [0.2, 0.25) is 10.0 Å². The molecule has 0 fully saturated rings. The van der Waals surface area contributed by atoms with Crippen LogP contribution >= 0.6 is 12.4 Å². The summed E-state index contributed by atoms with van der Waals surface area (Å²) in [5, 5.41) is 2.96. The van der Waals surface area contributed by atoms with Gasteiger partial charge in [-0.2, -0.15) is 0 Å². The second-order valence-corrected chi connectivity index (χ2v) is 6.67. The first-order valence-corrected chi connectivity index (χ1v) is 8.16. The van der Waals surface area contributed by atoms with E-state index in [1.807, 2.05) is 7.05 Å². The largest absolute Gasteiger partial charge is 0.328 e. The van der Waals surface area contributed by atoms with Crippen LogP contribution in [0.4, 0.5) is 0 Å². The molecule has 0 unspecified atom stereocenters. The number of imidazole rings is 1. The van der Waals surface area contributed by atoms with Crippen LogP contribution in [0.1, 0.15) is 6.42 Å². The fraction of sp³-hybridized carbons (Fsp3) is 0.462. The molecular weight excluding hydrogens is 328 g/mol. The van der Waals surface area contributed by atoms with Crippen molar-refractivity contribution in [1.29, 1.82) is 0 Å². The number of rotatable bonds is 6. The van der Waals surface area contributed by atoms with Gasteiger partial charge in [0.1, 0.15) is 0 Å². The lowest BCUT2D eigenvalue weighted by Crippen LogP contribution is -2.26. The zero-order valence-corrected chi connectivity index (χ0v) is 14.4. The van der Waals surface area contributed by atoms with Crippen molar-refractivity contribution in [2.45, 2.75) is 11.3 Å². The van der Waals surface area contributed by atoms with Crippen molar-refractivity contribution in [1.82, 2.24) is 19.2 Å². The summed E-state index contributed by atoms with van der Waals surface area (Å²) in [5.41, 5.74) is 1.12. The van der Waals surface area contributed by atoms with E-state index in [-0.39, 0.29) is 23.0 Å². The molecule has 7 nitrogen and oxygen atoms in total. The molecule has 0 atom stereocenters. The Balaban J connectivity index is 0.00000242. The Hall–Kier alpha value is -1.35. The van der Waals surface area contributed by atoms with Gasteiger partial charge in [0, 0.05) is 20.6 Å². The van der Waals surface area contributed by atoms with E-state index in [0.717, 1.165) is 6.54 Å². The third-order valence-electron chi connectivity index (χ3n) is 3.45. The lowest BCUT2D eigenvalue weighted by atomic mass is 10.3. The summed E-state index contributed by atoms with van der Waals surface area (Å²) in [4.78, 5) is 12.0. The Morgan fingerprint density at radius 3 is 2.36 bits per heavy atom. The lowest BCUT2D eigenvalue weighted by molar-refractivity contribution is 0.577. The second kappa shape index (κ2) is 7.28. The van der Waals surface area contributed by atoms with Gasteiger partial charge in [-0.05, 0) is 38.2 Å². The monoisotopic (exact) mass is 348 g/mol. The fourth-order valence-electron chi connectivity index (χ4n) is 2.21. The lowest BCUT2D eigenvalue weighted by Gasteiger charge is -2.07. The molecule has 1 aromatic carbocycles. The zero-order valence-electron chi connectivity index (χ0n) is 12.8. The van der Waals surface area contributed by atoms with Crippen LogP contribution in [0.25, 0.3) is 11.0 Å². The smallest absolute Gasteiger partial charge is 0.320 e. The maximum absolute atomic E-state index is 12.2. The molecule has 0 aliphatic heterocycles. The van der Waals surface area contributed by atoms with Crippen molar-refractivity contribution in [3.8, 4) is 0 Å². The topological polar surface area (TPSA) is 85.1 Å². The molecule has 0 spiro atoms. The summed E-state index contributed by atoms with van der Waals surface area (Å²) in [7, 11) is 1.55. The highest BCUT2D eigenvalue weighted by molar-refractivity contribution is 7.89. The number of nitrogens with one attached hydrogen (secondary N) is 2. The minimum Gasteiger partial charge on any atom is -0.320 e. The van der Waals surface area contributed by atoms with Gasteiger partial charge >= 0.3 is 5.69 Å². The Kier molecular flexibility index (Phi) is 6.18. The summed E-state index contributed by atoms with van der Waals surface area (Å²) in [6.07, 6.45) is 0.710. The highest BCUT2D eigenvalue weighted by Gasteiger charge is 2.16. The SMILES string of the molecule is CNCCCNS(=O)(=O)c1ccc2c(c1)n(C)c(=O)n2C.Cl. The van der Waals surface area contributed by atoms with E-state index < -0.39 is 10.0 Å². The van der Waals surface area contributed by atoms with Crippen molar-refractivity contribution < 1.29 is 8.42 Å². The van der Waals surface area contributed by atoms with Crippen LogP contribution in [-0.4, -0.2) is 37.7 Å². The molecule has 2 aromatic rings. The van der Waals surface area contributed by atoms with E-state index in [4.69, 9.17) is 0 Å². The molecule has 0 amide bonds. The van der Waals surface area contributed by atoms with E-state index in [1.54, 1.807) is 20.2 Å². The van der Waals surface area contributed by atoms with E-state index in [0.29, 0.717) is 24.0 Å². The molecule has 0 aliphatic carbocycles. The molecule has 0 saturated carbocycles. The van der Waals surface area contributed by atoms with Crippen LogP contribution in [0.5, 0.6) is 0 Å². The minimum absolute atomic E-state index is 0. The quantitative estimate of drug-likeness (QED) is 0.730. The second-order valence-electron chi connectivity index (χ2n) is 4.91. The molecule has 0 radical (unpaired) electrons. The van der Waals surface area contributed by atoms with Crippen LogP contribution < -0.4 is 15.7 Å². The van der Waals surface area contributed by atoms with Crippen molar-refractivity contribution in [2.75, 3.05) is 20.1 Å². The highest BCUT2D eigenvalue weighted by Crippen LogP contribution is 2.17. The first-order chi connectivity index (χ1) is 9.88. The zero-order chi connectivity index (χ0) is 15.6. The number of hydrogen-bond acceptors (Lipinski definition) is 4. The molecule has 2 rings (SSSR count). The van der Waals surface area contributed by atoms with Crippen LogP contribution in [0.15, 0.2) is 27.9 Å². The molecular formula is C13H21ClN4O3S. The molecule has 124 valence electrons. The predicted molar refractivity (Wildman–Crippen MR) is 89.1 cm³/mol. The van der Waals surface area contributed by atoms with Crippen LogP contribution in [0.2, 0.25) is 0 Å². The number of fused-ring (bicyclic) bond motifs is 1. The summed E-state index contributed by atoms with van der Waals surface area (Å²) in [6, 6.07) is 4.69. The van der Waals surface area contributed by atoms with Crippen LogP contribution in [-0.2, 0) is 24.1 Å². The van der Waals surface area contributed by atoms with Gasteiger partial charge in [-0.25, -0.2) is 17.9 Å². The third-order valence-corrected chi connectivity index (χ3v) is 4.91. The van der Waals surface area contributed by atoms with Crippen molar-refractivity contribution >= 4 is 33.5 Å². The first-order valence-electron chi connectivity index (χ1n) is 6.68. The number of nitrogens with zero attached hydrogens (tertiary/aromatic N) is 2. The fourth-order valence-corrected chi connectivity index (χ4v) is 3.30. The molecule has 2 N–H and O–H groups in total. The van der Waals surface area contributed by atoms with Gasteiger partial charge in [-0.1, -0.05) is 0 Å².